The van der Waals surface area contributed by atoms with E-state index in [9.17, 15) is 0 Å². The van der Waals surface area contributed by atoms with Crippen LogP contribution >= 0.6 is 0 Å². The van der Waals surface area contributed by atoms with Gasteiger partial charge in [-0.3, -0.25) is 0 Å². The normalized spacial score (nSPS) is 10.9. The molecular weight excluding hydrogens is 204 g/mol. The van der Waals surface area contributed by atoms with Crippen LogP contribution in [0.1, 0.15) is 104 Å². The lowest BCUT2D eigenvalue weighted by Gasteiger charge is -2.02. The van der Waals surface area contributed by atoms with E-state index in [1.54, 1.807) is 0 Å². The van der Waals surface area contributed by atoms with Gasteiger partial charge in [-0.1, -0.05) is 104 Å². The zero-order valence-electron chi connectivity index (χ0n) is 12.5. The highest BCUT2D eigenvalue weighted by atomic mass is 14.0. The van der Waals surface area contributed by atoms with E-state index in [-0.39, 0.29) is 0 Å². The molecule has 0 aromatic heterocycles. The fraction of sp³-hybridized carbons (Fsp3) is 0.941. The van der Waals surface area contributed by atoms with Crippen LogP contribution in [0.5, 0.6) is 0 Å². The van der Waals surface area contributed by atoms with E-state index in [4.69, 9.17) is 0 Å². The van der Waals surface area contributed by atoms with Gasteiger partial charge in [-0.2, -0.15) is 0 Å². The molecule has 0 heteroatoms. The third-order valence-electron chi connectivity index (χ3n) is 3.55. The van der Waals surface area contributed by atoms with Crippen LogP contribution in [0.3, 0.4) is 0 Å². The topological polar surface area (TPSA) is 0 Å². The maximum atomic E-state index is 2.41. The van der Waals surface area contributed by atoms with Gasteiger partial charge in [0, 0.05) is 0 Å². The first-order valence-electron chi connectivity index (χ1n) is 8.23. The molecule has 0 aliphatic heterocycles. The van der Waals surface area contributed by atoms with Crippen LogP contribution < -0.4 is 0 Å². The van der Waals surface area contributed by atoms with E-state index in [0.29, 0.717) is 0 Å². The Kier molecular flexibility index (Phi) is 16.0. The highest BCUT2D eigenvalue weighted by molar-refractivity contribution is 4.60. The van der Waals surface area contributed by atoms with Crippen molar-refractivity contribution in [2.75, 3.05) is 0 Å². The van der Waals surface area contributed by atoms with Crippen molar-refractivity contribution in [1.82, 2.24) is 0 Å². The Bertz CT molecular complexity index is 103. The van der Waals surface area contributed by atoms with Crippen molar-refractivity contribution in [2.45, 2.75) is 104 Å². The molecule has 0 unspecified atom stereocenters. The molecule has 0 heterocycles. The quantitative estimate of drug-likeness (QED) is 0.296. The van der Waals surface area contributed by atoms with Gasteiger partial charge in [-0.15, -0.1) is 0 Å². The fourth-order valence-corrected chi connectivity index (χ4v) is 2.33. The minimum Gasteiger partial charge on any atom is -0.0654 e. The first-order valence-corrected chi connectivity index (χ1v) is 8.23. The second-order valence-corrected chi connectivity index (χ2v) is 5.37. The molecule has 0 rings (SSSR count). The summed E-state index contributed by atoms with van der Waals surface area (Å²) in [7, 11) is 0. The highest BCUT2D eigenvalue weighted by Crippen LogP contribution is 2.12. The lowest BCUT2D eigenvalue weighted by molar-refractivity contribution is 0.543. The first kappa shape index (κ1) is 17.0. The average Bonchev–Trinajstić information content (AvgIpc) is 2.35. The zero-order valence-corrected chi connectivity index (χ0v) is 12.5. The van der Waals surface area contributed by atoms with Crippen LogP contribution in [0.25, 0.3) is 0 Å². The molecule has 1 radical (unpaired) electrons. The Hall–Kier alpha value is 0. The molecule has 0 nitrogen and oxygen atoms in total. The maximum absolute atomic E-state index is 2.41. The summed E-state index contributed by atoms with van der Waals surface area (Å²) >= 11 is 0. The number of rotatable bonds is 14. The van der Waals surface area contributed by atoms with Crippen molar-refractivity contribution in [3.05, 3.63) is 6.42 Å². The van der Waals surface area contributed by atoms with Crippen LogP contribution in [0.15, 0.2) is 0 Å². The van der Waals surface area contributed by atoms with Crippen molar-refractivity contribution in [1.29, 1.82) is 0 Å². The monoisotopic (exact) mass is 239 g/mol. The SMILES string of the molecule is CC[CH]CCCCCCCCCCCCCC. The summed E-state index contributed by atoms with van der Waals surface area (Å²) in [6.45, 7) is 4.53. The largest absolute Gasteiger partial charge is 0.0654 e. The molecule has 0 amide bonds. The molecule has 0 aromatic rings. The second kappa shape index (κ2) is 16.0. The molecule has 0 saturated carbocycles. The third kappa shape index (κ3) is 16.0. The van der Waals surface area contributed by atoms with E-state index < -0.39 is 0 Å². The predicted octanol–water partition coefficient (Wildman–Crippen LogP) is 6.69. The first-order chi connectivity index (χ1) is 8.41. The summed E-state index contributed by atoms with van der Waals surface area (Å²) < 4.78 is 0. The van der Waals surface area contributed by atoms with Gasteiger partial charge in [0.25, 0.3) is 0 Å². The van der Waals surface area contributed by atoms with Gasteiger partial charge < -0.3 is 0 Å². The summed E-state index contributed by atoms with van der Waals surface area (Å²) in [4.78, 5) is 0. The minimum absolute atomic E-state index is 1.25. The third-order valence-corrected chi connectivity index (χ3v) is 3.55. The van der Waals surface area contributed by atoms with Crippen LogP contribution in [0.2, 0.25) is 0 Å². The van der Waals surface area contributed by atoms with Crippen LogP contribution in [0.4, 0.5) is 0 Å². The molecule has 0 fully saturated rings. The molecular formula is C17H35. The summed E-state index contributed by atoms with van der Waals surface area (Å²) in [5.41, 5.74) is 0. The van der Waals surface area contributed by atoms with Gasteiger partial charge in [0.1, 0.15) is 0 Å². The smallest absolute Gasteiger partial charge is 0.0389 e. The van der Waals surface area contributed by atoms with Gasteiger partial charge >= 0.3 is 0 Å². The molecule has 0 aliphatic carbocycles. The van der Waals surface area contributed by atoms with E-state index in [1.807, 2.05) is 0 Å². The molecule has 0 N–H and O–H groups in total. The van der Waals surface area contributed by atoms with E-state index in [0.717, 1.165) is 0 Å². The lowest BCUT2D eigenvalue weighted by atomic mass is 10.0. The van der Waals surface area contributed by atoms with Crippen molar-refractivity contribution in [3.8, 4) is 0 Å². The van der Waals surface area contributed by atoms with Crippen molar-refractivity contribution in [2.24, 2.45) is 0 Å². The molecule has 0 atom stereocenters. The maximum Gasteiger partial charge on any atom is -0.0389 e. The zero-order chi connectivity index (χ0) is 12.6. The van der Waals surface area contributed by atoms with Gasteiger partial charge in [-0.05, 0) is 6.42 Å². The van der Waals surface area contributed by atoms with Crippen LogP contribution in [-0.4, -0.2) is 0 Å². The van der Waals surface area contributed by atoms with Crippen LogP contribution in [0, 0.1) is 6.42 Å². The van der Waals surface area contributed by atoms with Crippen LogP contribution in [-0.2, 0) is 0 Å². The van der Waals surface area contributed by atoms with Crippen molar-refractivity contribution < 1.29 is 0 Å². The van der Waals surface area contributed by atoms with E-state index >= 15 is 0 Å². The minimum atomic E-state index is 1.25. The summed E-state index contributed by atoms with van der Waals surface area (Å²) in [6.07, 6.45) is 22.5. The van der Waals surface area contributed by atoms with Gasteiger partial charge in [0.2, 0.25) is 0 Å². The molecule has 103 valence electrons. The summed E-state index contributed by atoms with van der Waals surface area (Å²) in [5, 5.41) is 0. The summed E-state index contributed by atoms with van der Waals surface area (Å²) in [6, 6.07) is 0. The fourth-order valence-electron chi connectivity index (χ4n) is 2.33. The average molecular weight is 239 g/mol. The van der Waals surface area contributed by atoms with Gasteiger partial charge in [0.15, 0.2) is 0 Å². The second-order valence-electron chi connectivity index (χ2n) is 5.37. The number of unbranched alkanes of at least 4 members (excludes halogenated alkanes) is 14. The standard InChI is InChI=1S/C17H35/c1-3-5-7-9-11-13-15-17-16-14-12-10-8-6-4-2/h5H,3-4,6-17H2,1-2H3. The molecule has 0 aliphatic rings. The number of hydrogen-bond acceptors (Lipinski definition) is 0. The highest BCUT2D eigenvalue weighted by Gasteiger charge is 1.93. The molecule has 0 bridgehead atoms. The Morgan fingerprint density at radius 2 is 0.941 bits per heavy atom. The molecule has 0 spiro atoms. The molecule has 0 aromatic carbocycles. The molecule has 0 saturated heterocycles. The van der Waals surface area contributed by atoms with Crippen molar-refractivity contribution in [3.63, 3.8) is 0 Å². The van der Waals surface area contributed by atoms with E-state index in [1.165, 1.54) is 89.9 Å². The Labute approximate surface area is 111 Å². The lowest BCUT2D eigenvalue weighted by Crippen LogP contribution is -1.83. The Morgan fingerprint density at radius 1 is 0.529 bits per heavy atom. The summed E-state index contributed by atoms with van der Waals surface area (Å²) in [5.74, 6) is 0. The molecule has 17 heavy (non-hydrogen) atoms. The predicted molar refractivity (Wildman–Crippen MR) is 80.3 cm³/mol. The number of hydrogen-bond donors (Lipinski definition) is 0. The Morgan fingerprint density at radius 3 is 1.35 bits per heavy atom. The van der Waals surface area contributed by atoms with Crippen molar-refractivity contribution >= 4 is 0 Å². The Balaban J connectivity index is 2.85. The van der Waals surface area contributed by atoms with Gasteiger partial charge in [0.05, 0.1) is 0 Å². The van der Waals surface area contributed by atoms with Gasteiger partial charge in [-0.25, -0.2) is 0 Å². The van der Waals surface area contributed by atoms with E-state index in [2.05, 4.69) is 20.3 Å².